The molecule has 4 nitrogen and oxygen atoms in total. The van der Waals surface area contributed by atoms with Gasteiger partial charge in [-0.25, -0.2) is 4.79 Å². The highest BCUT2D eigenvalue weighted by atomic mass is 16.4. The van der Waals surface area contributed by atoms with Crippen LogP contribution in [0.1, 0.15) is 33.0 Å². The molecule has 0 aliphatic carbocycles. The molecule has 0 spiro atoms. The second-order valence-corrected chi connectivity index (χ2v) is 5.19. The highest BCUT2D eigenvalue weighted by Gasteiger charge is 2.15. The van der Waals surface area contributed by atoms with Crippen molar-refractivity contribution in [2.24, 2.45) is 0 Å². The van der Waals surface area contributed by atoms with Gasteiger partial charge in [-0.15, -0.1) is 0 Å². The lowest BCUT2D eigenvalue weighted by atomic mass is 10.1. The predicted octanol–water partition coefficient (Wildman–Crippen LogP) is 3.54. The normalized spacial score (nSPS) is 10.6. The minimum Gasteiger partial charge on any atom is -0.478 e. The molecule has 0 radical (unpaired) electrons. The summed E-state index contributed by atoms with van der Waals surface area (Å²) in [6.07, 6.45) is 0. The molecular weight excluding hydrogens is 254 g/mol. The van der Waals surface area contributed by atoms with E-state index in [9.17, 15) is 4.79 Å². The highest BCUT2D eigenvalue weighted by molar-refractivity contribution is 5.88. The van der Waals surface area contributed by atoms with Crippen molar-refractivity contribution in [2.45, 2.75) is 27.3 Å². The van der Waals surface area contributed by atoms with Crippen molar-refractivity contribution in [1.82, 2.24) is 0 Å². The van der Waals surface area contributed by atoms with Crippen LogP contribution in [0.25, 0.3) is 0 Å². The standard InChI is InChI=1S/C16H19NO3/c1-10-5-11(2)7-13(6-10)17(4)9-14-8-15(16(18)19)12(3)20-14/h5-8H,9H2,1-4H3,(H,18,19). The fourth-order valence-electron chi connectivity index (χ4n) is 2.33. The second-order valence-electron chi connectivity index (χ2n) is 5.19. The lowest BCUT2D eigenvalue weighted by Crippen LogP contribution is -2.16. The molecule has 1 heterocycles. The Morgan fingerprint density at radius 1 is 1.15 bits per heavy atom. The molecule has 4 heteroatoms. The predicted molar refractivity (Wildman–Crippen MR) is 78.4 cm³/mol. The molecule has 0 aliphatic rings. The first kappa shape index (κ1) is 14.2. The zero-order valence-electron chi connectivity index (χ0n) is 12.2. The van der Waals surface area contributed by atoms with Gasteiger partial charge in [-0.3, -0.25) is 0 Å². The van der Waals surface area contributed by atoms with Crippen LogP contribution in [0.4, 0.5) is 5.69 Å². The van der Waals surface area contributed by atoms with E-state index in [1.54, 1.807) is 13.0 Å². The summed E-state index contributed by atoms with van der Waals surface area (Å²) in [5, 5.41) is 9.03. The molecule has 2 rings (SSSR count). The third-order valence-corrected chi connectivity index (χ3v) is 3.24. The van der Waals surface area contributed by atoms with E-state index in [0.717, 1.165) is 5.69 Å². The Balaban J connectivity index is 2.21. The third kappa shape index (κ3) is 3.02. The zero-order valence-corrected chi connectivity index (χ0v) is 12.2. The quantitative estimate of drug-likeness (QED) is 0.925. The summed E-state index contributed by atoms with van der Waals surface area (Å²) in [4.78, 5) is 13.1. The fraction of sp³-hybridized carbons (Fsp3) is 0.312. The molecule has 0 saturated carbocycles. The molecule has 106 valence electrons. The van der Waals surface area contributed by atoms with Crippen molar-refractivity contribution < 1.29 is 14.3 Å². The van der Waals surface area contributed by atoms with Crippen LogP contribution in [0.2, 0.25) is 0 Å². The number of hydrogen-bond acceptors (Lipinski definition) is 3. The summed E-state index contributed by atoms with van der Waals surface area (Å²) in [6, 6.07) is 7.91. The summed E-state index contributed by atoms with van der Waals surface area (Å²) >= 11 is 0. The number of benzene rings is 1. The number of furan rings is 1. The smallest absolute Gasteiger partial charge is 0.339 e. The molecule has 1 aromatic heterocycles. The maximum Gasteiger partial charge on any atom is 0.339 e. The monoisotopic (exact) mass is 273 g/mol. The van der Waals surface area contributed by atoms with E-state index in [1.165, 1.54) is 11.1 Å². The number of carbonyl (C=O) groups is 1. The summed E-state index contributed by atoms with van der Waals surface area (Å²) in [5.41, 5.74) is 3.73. The average Bonchev–Trinajstić information content (AvgIpc) is 2.69. The van der Waals surface area contributed by atoms with Gasteiger partial charge in [0.05, 0.1) is 6.54 Å². The maximum atomic E-state index is 11.0. The largest absolute Gasteiger partial charge is 0.478 e. The van der Waals surface area contributed by atoms with Crippen LogP contribution in [-0.2, 0) is 6.54 Å². The molecule has 2 aromatic rings. The van der Waals surface area contributed by atoms with Crippen LogP contribution in [0.15, 0.2) is 28.7 Å². The topological polar surface area (TPSA) is 53.7 Å². The van der Waals surface area contributed by atoms with Gasteiger partial charge in [0, 0.05) is 12.7 Å². The first-order chi connectivity index (χ1) is 9.36. The lowest BCUT2D eigenvalue weighted by molar-refractivity contribution is 0.0695. The van der Waals surface area contributed by atoms with Crippen LogP contribution in [0, 0.1) is 20.8 Å². The molecule has 1 aromatic carbocycles. The zero-order chi connectivity index (χ0) is 14.9. The highest BCUT2D eigenvalue weighted by Crippen LogP contribution is 2.21. The van der Waals surface area contributed by atoms with E-state index in [-0.39, 0.29) is 5.56 Å². The van der Waals surface area contributed by atoms with E-state index >= 15 is 0 Å². The first-order valence-corrected chi connectivity index (χ1v) is 6.49. The average molecular weight is 273 g/mol. The SMILES string of the molecule is Cc1cc(C)cc(N(C)Cc2cc(C(=O)O)c(C)o2)c1. The summed E-state index contributed by atoms with van der Waals surface area (Å²) in [7, 11) is 1.96. The molecule has 0 amide bonds. The van der Waals surface area contributed by atoms with Gasteiger partial charge >= 0.3 is 5.97 Å². The number of nitrogens with zero attached hydrogens (tertiary/aromatic N) is 1. The van der Waals surface area contributed by atoms with Crippen molar-refractivity contribution in [3.05, 3.63) is 52.5 Å². The van der Waals surface area contributed by atoms with Crippen molar-refractivity contribution >= 4 is 11.7 Å². The molecule has 0 unspecified atom stereocenters. The Labute approximate surface area is 118 Å². The number of rotatable bonds is 4. The van der Waals surface area contributed by atoms with Crippen molar-refractivity contribution in [1.29, 1.82) is 0 Å². The van der Waals surface area contributed by atoms with Gasteiger partial charge in [-0.1, -0.05) is 6.07 Å². The Hall–Kier alpha value is -2.23. The molecule has 0 fully saturated rings. The van der Waals surface area contributed by atoms with Crippen molar-refractivity contribution in [2.75, 3.05) is 11.9 Å². The van der Waals surface area contributed by atoms with Gasteiger partial charge in [-0.2, -0.15) is 0 Å². The summed E-state index contributed by atoms with van der Waals surface area (Å²) < 4.78 is 5.51. The maximum absolute atomic E-state index is 11.0. The van der Waals surface area contributed by atoms with Crippen LogP contribution >= 0.6 is 0 Å². The number of carboxylic acids is 1. The van der Waals surface area contributed by atoms with Crippen LogP contribution < -0.4 is 4.90 Å². The number of carboxylic acid groups (broad SMARTS) is 1. The van der Waals surface area contributed by atoms with Gasteiger partial charge in [0.2, 0.25) is 0 Å². The first-order valence-electron chi connectivity index (χ1n) is 6.49. The molecule has 0 aliphatic heterocycles. The van der Waals surface area contributed by atoms with Gasteiger partial charge in [0.15, 0.2) is 0 Å². The molecule has 0 bridgehead atoms. The molecule has 1 N–H and O–H groups in total. The van der Waals surface area contributed by atoms with E-state index in [2.05, 4.69) is 32.0 Å². The van der Waals surface area contributed by atoms with Crippen LogP contribution in [0.5, 0.6) is 0 Å². The molecule has 0 saturated heterocycles. The summed E-state index contributed by atoms with van der Waals surface area (Å²) in [5.74, 6) is 0.148. The Bertz CT molecular complexity index is 623. The van der Waals surface area contributed by atoms with Gasteiger partial charge in [0.25, 0.3) is 0 Å². The van der Waals surface area contributed by atoms with Crippen LogP contribution in [0.3, 0.4) is 0 Å². The number of aromatic carboxylic acids is 1. The van der Waals surface area contributed by atoms with Crippen molar-refractivity contribution in [3.63, 3.8) is 0 Å². The van der Waals surface area contributed by atoms with E-state index in [1.807, 2.05) is 11.9 Å². The van der Waals surface area contributed by atoms with E-state index in [0.29, 0.717) is 18.1 Å². The van der Waals surface area contributed by atoms with Crippen LogP contribution in [-0.4, -0.2) is 18.1 Å². The summed E-state index contributed by atoms with van der Waals surface area (Å²) in [6.45, 7) is 6.33. The molecule has 20 heavy (non-hydrogen) atoms. The minimum atomic E-state index is -0.952. The Morgan fingerprint density at radius 2 is 1.75 bits per heavy atom. The van der Waals surface area contributed by atoms with E-state index in [4.69, 9.17) is 9.52 Å². The van der Waals surface area contributed by atoms with Crippen molar-refractivity contribution in [3.8, 4) is 0 Å². The number of aryl methyl sites for hydroxylation is 3. The van der Waals surface area contributed by atoms with Gasteiger partial charge in [-0.05, 0) is 50.1 Å². The van der Waals surface area contributed by atoms with Gasteiger partial charge < -0.3 is 14.4 Å². The second kappa shape index (κ2) is 5.41. The van der Waals surface area contributed by atoms with E-state index < -0.39 is 5.97 Å². The van der Waals surface area contributed by atoms with Gasteiger partial charge in [0.1, 0.15) is 17.1 Å². The third-order valence-electron chi connectivity index (χ3n) is 3.24. The number of anilines is 1. The minimum absolute atomic E-state index is 0.230. The number of hydrogen-bond donors (Lipinski definition) is 1. The molecule has 0 atom stereocenters. The fourth-order valence-corrected chi connectivity index (χ4v) is 2.33. The Kier molecular flexibility index (Phi) is 3.84. The lowest BCUT2D eigenvalue weighted by Gasteiger charge is -2.19. The Morgan fingerprint density at radius 3 is 2.25 bits per heavy atom. The molecular formula is C16H19NO3.